The summed E-state index contributed by atoms with van der Waals surface area (Å²) in [6.45, 7) is 1.49. The largest absolute Gasteiger partial charge is 0.495 e. The van der Waals surface area contributed by atoms with Gasteiger partial charge in [0, 0.05) is 23.7 Å². The molecule has 1 N–H and O–H groups in total. The van der Waals surface area contributed by atoms with Crippen LogP contribution in [0, 0.1) is 0 Å². The average molecular weight is 395 g/mol. The minimum atomic E-state index is -3.84. The second-order valence-corrected chi connectivity index (χ2v) is 8.09. The van der Waals surface area contributed by atoms with Crippen molar-refractivity contribution in [1.82, 2.24) is 4.90 Å². The van der Waals surface area contributed by atoms with Crippen LogP contribution >= 0.6 is 11.6 Å². The van der Waals surface area contributed by atoms with Crippen molar-refractivity contribution in [3.8, 4) is 5.75 Å². The number of anilines is 1. The van der Waals surface area contributed by atoms with Crippen LogP contribution in [0.15, 0.2) is 47.4 Å². The van der Waals surface area contributed by atoms with E-state index in [0.717, 1.165) is 25.9 Å². The van der Waals surface area contributed by atoms with Crippen molar-refractivity contribution >= 4 is 33.2 Å². The minimum absolute atomic E-state index is 0.0532. The predicted octanol–water partition coefficient (Wildman–Crippen LogP) is 3.39. The summed E-state index contributed by atoms with van der Waals surface area (Å²) in [7, 11) is -2.39. The second kappa shape index (κ2) is 7.55. The van der Waals surface area contributed by atoms with E-state index in [1.165, 1.54) is 37.4 Å². The number of hydrogen-bond donors (Lipinski definition) is 1. The Morgan fingerprint density at radius 1 is 1.12 bits per heavy atom. The van der Waals surface area contributed by atoms with Crippen molar-refractivity contribution in [2.75, 3.05) is 24.9 Å². The van der Waals surface area contributed by atoms with Crippen LogP contribution in [0.1, 0.15) is 23.2 Å². The molecule has 0 saturated carbocycles. The Morgan fingerprint density at radius 3 is 2.38 bits per heavy atom. The summed E-state index contributed by atoms with van der Waals surface area (Å²) in [5.41, 5.74) is 0.725. The lowest BCUT2D eigenvalue weighted by atomic mass is 10.2. The van der Waals surface area contributed by atoms with Crippen molar-refractivity contribution in [2.45, 2.75) is 17.7 Å². The number of carbonyl (C=O) groups excluding carboxylic acids is 1. The smallest absolute Gasteiger partial charge is 0.262 e. The fourth-order valence-corrected chi connectivity index (χ4v) is 4.08. The van der Waals surface area contributed by atoms with Gasteiger partial charge in [-0.25, -0.2) is 8.42 Å². The molecular formula is C18H19ClN2O4S. The van der Waals surface area contributed by atoms with Crippen LogP contribution < -0.4 is 9.46 Å². The molecule has 6 nitrogen and oxygen atoms in total. The molecule has 1 fully saturated rings. The molecule has 2 aromatic carbocycles. The summed E-state index contributed by atoms with van der Waals surface area (Å²) in [5, 5.41) is 0.384. The van der Waals surface area contributed by atoms with Gasteiger partial charge >= 0.3 is 0 Å². The summed E-state index contributed by atoms with van der Waals surface area (Å²) in [4.78, 5) is 14.2. The molecule has 0 aromatic heterocycles. The highest BCUT2D eigenvalue weighted by Crippen LogP contribution is 2.30. The molecule has 3 rings (SSSR count). The van der Waals surface area contributed by atoms with Gasteiger partial charge in [-0.3, -0.25) is 9.52 Å². The highest BCUT2D eigenvalue weighted by atomic mass is 35.5. The zero-order chi connectivity index (χ0) is 18.7. The first-order valence-electron chi connectivity index (χ1n) is 8.16. The number of carbonyl (C=O) groups is 1. The maximum atomic E-state index is 12.6. The van der Waals surface area contributed by atoms with Crippen molar-refractivity contribution in [1.29, 1.82) is 0 Å². The zero-order valence-electron chi connectivity index (χ0n) is 14.2. The van der Waals surface area contributed by atoms with E-state index >= 15 is 0 Å². The van der Waals surface area contributed by atoms with E-state index in [-0.39, 0.29) is 16.5 Å². The summed E-state index contributed by atoms with van der Waals surface area (Å²) in [6, 6.07) is 10.6. The lowest BCUT2D eigenvalue weighted by Gasteiger charge is -2.15. The molecule has 0 spiro atoms. The van der Waals surface area contributed by atoms with E-state index in [2.05, 4.69) is 4.72 Å². The van der Waals surface area contributed by atoms with Gasteiger partial charge in [-0.05, 0) is 55.3 Å². The molecule has 1 saturated heterocycles. The van der Waals surface area contributed by atoms with E-state index in [1.54, 1.807) is 17.0 Å². The molecule has 1 aliphatic heterocycles. The molecule has 1 amide bonds. The molecule has 0 atom stereocenters. The van der Waals surface area contributed by atoms with Gasteiger partial charge in [0.15, 0.2) is 0 Å². The lowest BCUT2D eigenvalue weighted by Crippen LogP contribution is -2.27. The first-order valence-corrected chi connectivity index (χ1v) is 10.0. The number of benzene rings is 2. The number of hydrogen-bond acceptors (Lipinski definition) is 4. The van der Waals surface area contributed by atoms with Gasteiger partial charge in [0.2, 0.25) is 0 Å². The predicted molar refractivity (Wildman–Crippen MR) is 100 cm³/mol. The number of likely N-dealkylation sites (tertiary alicyclic amines) is 1. The Bertz CT molecular complexity index is 907. The summed E-state index contributed by atoms with van der Waals surface area (Å²) >= 11 is 5.93. The monoisotopic (exact) mass is 394 g/mol. The highest BCUT2D eigenvalue weighted by Gasteiger charge is 2.21. The SMILES string of the molecule is COc1ccc(Cl)cc1NS(=O)(=O)c1ccc(C(=O)N2CCCC2)cc1. The number of halogens is 1. The van der Waals surface area contributed by atoms with Crippen LogP contribution in [0.25, 0.3) is 0 Å². The number of sulfonamides is 1. The molecule has 0 bridgehead atoms. The third-order valence-electron chi connectivity index (χ3n) is 4.21. The summed E-state index contributed by atoms with van der Waals surface area (Å²) in [6.07, 6.45) is 2.01. The van der Waals surface area contributed by atoms with Crippen LogP contribution in [0.5, 0.6) is 5.75 Å². The lowest BCUT2D eigenvalue weighted by molar-refractivity contribution is 0.0792. The van der Waals surface area contributed by atoms with Crippen LogP contribution in [-0.4, -0.2) is 39.4 Å². The van der Waals surface area contributed by atoms with Gasteiger partial charge in [-0.2, -0.15) is 0 Å². The Balaban J connectivity index is 1.81. The standard InChI is InChI=1S/C18H19ClN2O4S/c1-25-17-9-6-14(19)12-16(17)20-26(23,24)15-7-4-13(5-8-15)18(22)21-10-2-3-11-21/h4-9,12,20H,2-3,10-11H2,1H3. The number of methoxy groups -OCH3 is 1. The van der Waals surface area contributed by atoms with Gasteiger partial charge in [-0.15, -0.1) is 0 Å². The number of rotatable bonds is 5. The molecule has 8 heteroatoms. The Labute approximate surface area is 157 Å². The van der Waals surface area contributed by atoms with Crippen LogP contribution in [-0.2, 0) is 10.0 Å². The van der Waals surface area contributed by atoms with Gasteiger partial charge in [-0.1, -0.05) is 11.6 Å². The van der Waals surface area contributed by atoms with Crippen molar-refractivity contribution < 1.29 is 17.9 Å². The van der Waals surface area contributed by atoms with Gasteiger partial charge < -0.3 is 9.64 Å². The van der Waals surface area contributed by atoms with Crippen LogP contribution in [0.3, 0.4) is 0 Å². The topological polar surface area (TPSA) is 75.7 Å². The molecule has 1 aliphatic rings. The van der Waals surface area contributed by atoms with Crippen LogP contribution in [0.4, 0.5) is 5.69 Å². The molecular weight excluding hydrogens is 376 g/mol. The normalized spacial score (nSPS) is 14.3. The average Bonchev–Trinajstić information content (AvgIpc) is 3.16. The summed E-state index contributed by atoms with van der Waals surface area (Å²) in [5.74, 6) is 0.287. The minimum Gasteiger partial charge on any atom is -0.495 e. The van der Waals surface area contributed by atoms with Crippen molar-refractivity contribution in [3.05, 3.63) is 53.1 Å². The summed E-state index contributed by atoms with van der Waals surface area (Å²) < 4.78 is 32.8. The van der Waals surface area contributed by atoms with E-state index in [1.807, 2.05) is 0 Å². The highest BCUT2D eigenvalue weighted by molar-refractivity contribution is 7.92. The van der Waals surface area contributed by atoms with E-state index in [9.17, 15) is 13.2 Å². The number of ether oxygens (including phenoxy) is 1. The van der Waals surface area contributed by atoms with Crippen molar-refractivity contribution in [2.24, 2.45) is 0 Å². The van der Waals surface area contributed by atoms with Gasteiger partial charge in [0.1, 0.15) is 5.75 Å². The first-order chi connectivity index (χ1) is 12.4. The fourth-order valence-electron chi connectivity index (χ4n) is 2.84. The maximum Gasteiger partial charge on any atom is 0.262 e. The Morgan fingerprint density at radius 2 is 1.77 bits per heavy atom. The number of amides is 1. The first kappa shape index (κ1) is 18.5. The maximum absolute atomic E-state index is 12.6. The van der Waals surface area contributed by atoms with Gasteiger partial charge in [0.05, 0.1) is 17.7 Å². The zero-order valence-corrected chi connectivity index (χ0v) is 15.8. The van der Waals surface area contributed by atoms with E-state index in [4.69, 9.17) is 16.3 Å². The molecule has 2 aromatic rings. The number of nitrogens with one attached hydrogen (secondary N) is 1. The third kappa shape index (κ3) is 3.94. The van der Waals surface area contributed by atoms with Gasteiger partial charge in [0.25, 0.3) is 15.9 Å². The van der Waals surface area contributed by atoms with Crippen molar-refractivity contribution in [3.63, 3.8) is 0 Å². The molecule has 0 unspecified atom stereocenters. The second-order valence-electron chi connectivity index (χ2n) is 5.97. The fraction of sp³-hybridized carbons (Fsp3) is 0.278. The molecule has 26 heavy (non-hydrogen) atoms. The molecule has 0 aliphatic carbocycles. The third-order valence-corrected chi connectivity index (χ3v) is 5.83. The Kier molecular flexibility index (Phi) is 5.38. The van der Waals surface area contributed by atoms with E-state index < -0.39 is 10.0 Å². The molecule has 1 heterocycles. The molecule has 138 valence electrons. The molecule has 0 radical (unpaired) electrons. The van der Waals surface area contributed by atoms with E-state index in [0.29, 0.717) is 16.3 Å². The quantitative estimate of drug-likeness (QED) is 0.843. The van der Waals surface area contributed by atoms with Crippen LogP contribution in [0.2, 0.25) is 5.02 Å². The number of nitrogens with zero attached hydrogens (tertiary/aromatic N) is 1. The Hall–Kier alpha value is -2.25.